The molecule has 0 aromatic carbocycles. The Labute approximate surface area is 87.0 Å². The summed E-state index contributed by atoms with van der Waals surface area (Å²) in [5, 5.41) is 8.87. The Kier molecular flexibility index (Phi) is 3.65. The molecule has 4 heteroatoms. The standard InChI is InChI=1S/C10H10ClNO2/c1-7-5-8(6-12-10(7)11)3-2-4-9(13)14/h2-3,5-6H,4H2,1H3,(H,13,14). The van der Waals surface area contributed by atoms with Gasteiger partial charge in [0.05, 0.1) is 6.42 Å². The summed E-state index contributed by atoms with van der Waals surface area (Å²) in [7, 11) is 0. The second kappa shape index (κ2) is 4.77. The summed E-state index contributed by atoms with van der Waals surface area (Å²) in [6.45, 7) is 1.85. The highest BCUT2D eigenvalue weighted by Crippen LogP contribution is 2.13. The summed E-state index contributed by atoms with van der Waals surface area (Å²) in [6, 6.07) is 1.85. The van der Waals surface area contributed by atoms with Crippen LogP contribution in [0.25, 0.3) is 6.08 Å². The highest BCUT2D eigenvalue weighted by atomic mass is 35.5. The first-order valence-corrected chi connectivity index (χ1v) is 4.48. The molecule has 14 heavy (non-hydrogen) atoms. The Bertz CT molecular complexity index is 374. The molecule has 1 aromatic heterocycles. The van der Waals surface area contributed by atoms with E-state index in [1.165, 1.54) is 0 Å². The Hall–Kier alpha value is -1.35. The fourth-order valence-corrected chi connectivity index (χ4v) is 1.07. The van der Waals surface area contributed by atoms with Gasteiger partial charge in [-0.25, -0.2) is 4.98 Å². The van der Waals surface area contributed by atoms with Crippen LogP contribution in [0.15, 0.2) is 18.3 Å². The van der Waals surface area contributed by atoms with E-state index in [0.29, 0.717) is 5.15 Å². The normalized spacial score (nSPS) is 10.7. The summed E-state index contributed by atoms with van der Waals surface area (Å²) in [5.74, 6) is -0.847. The molecule has 74 valence electrons. The average Bonchev–Trinajstić information content (AvgIpc) is 2.10. The molecule has 0 unspecified atom stereocenters. The van der Waals surface area contributed by atoms with Gasteiger partial charge in [0.1, 0.15) is 5.15 Å². The van der Waals surface area contributed by atoms with Gasteiger partial charge in [-0.3, -0.25) is 4.79 Å². The van der Waals surface area contributed by atoms with Crippen molar-refractivity contribution < 1.29 is 9.90 Å². The number of hydrogen-bond donors (Lipinski definition) is 1. The zero-order valence-electron chi connectivity index (χ0n) is 7.70. The number of aryl methyl sites for hydroxylation is 1. The molecule has 0 aliphatic carbocycles. The van der Waals surface area contributed by atoms with Gasteiger partial charge >= 0.3 is 5.97 Å². The van der Waals surface area contributed by atoms with Gasteiger partial charge in [0, 0.05) is 6.20 Å². The third-order valence-electron chi connectivity index (χ3n) is 1.64. The van der Waals surface area contributed by atoms with Gasteiger partial charge in [-0.2, -0.15) is 0 Å². The summed E-state index contributed by atoms with van der Waals surface area (Å²) in [4.78, 5) is 14.2. The first kappa shape index (κ1) is 10.7. The van der Waals surface area contributed by atoms with E-state index in [2.05, 4.69) is 4.98 Å². The molecule has 0 fully saturated rings. The molecule has 1 rings (SSSR count). The quantitative estimate of drug-likeness (QED) is 0.782. The molecular formula is C10H10ClNO2. The van der Waals surface area contributed by atoms with Crippen molar-refractivity contribution in [3.8, 4) is 0 Å². The first-order valence-electron chi connectivity index (χ1n) is 4.10. The van der Waals surface area contributed by atoms with Crippen molar-refractivity contribution in [2.75, 3.05) is 0 Å². The van der Waals surface area contributed by atoms with Gasteiger partial charge in [0.15, 0.2) is 0 Å². The number of pyridine rings is 1. The molecule has 0 amide bonds. The van der Waals surface area contributed by atoms with Crippen LogP contribution in [0, 0.1) is 6.92 Å². The minimum atomic E-state index is -0.847. The summed E-state index contributed by atoms with van der Waals surface area (Å²) in [5.41, 5.74) is 1.73. The zero-order valence-corrected chi connectivity index (χ0v) is 8.45. The third-order valence-corrected chi connectivity index (χ3v) is 2.03. The molecule has 0 radical (unpaired) electrons. The first-order chi connectivity index (χ1) is 6.59. The molecular weight excluding hydrogens is 202 g/mol. The van der Waals surface area contributed by atoms with Crippen molar-refractivity contribution >= 4 is 23.6 Å². The van der Waals surface area contributed by atoms with E-state index >= 15 is 0 Å². The van der Waals surface area contributed by atoms with Crippen LogP contribution in [0.1, 0.15) is 17.5 Å². The van der Waals surface area contributed by atoms with E-state index in [4.69, 9.17) is 16.7 Å². The van der Waals surface area contributed by atoms with Crippen LogP contribution >= 0.6 is 11.6 Å². The number of hydrogen-bond acceptors (Lipinski definition) is 2. The Morgan fingerprint density at radius 3 is 3.00 bits per heavy atom. The van der Waals surface area contributed by atoms with E-state index in [0.717, 1.165) is 11.1 Å². The van der Waals surface area contributed by atoms with Gasteiger partial charge in [0.2, 0.25) is 0 Å². The fraction of sp³-hybridized carbons (Fsp3) is 0.200. The van der Waals surface area contributed by atoms with Gasteiger partial charge in [0.25, 0.3) is 0 Å². The molecule has 0 aliphatic heterocycles. The Morgan fingerprint density at radius 2 is 2.43 bits per heavy atom. The van der Waals surface area contributed by atoms with E-state index in [9.17, 15) is 4.79 Å². The van der Waals surface area contributed by atoms with Crippen LogP contribution in [-0.2, 0) is 4.79 Å². The zero-order chi connectivity index (χ0) is 10.6. The van der Waals surface area contributed by atoms with Crippen LogP contribution in [0.2, 0.25) is 5.15 Å². The van der Waals surface area contributed by atoms with E-state index in [1.54, 1.807) is 18.3 Å². The lowest BCUT2D eigenvalue weighted by Gasteiger charge is -1.97. The molecule has 0 spiro atoms. The molecule has 1 N–H and O–H groups in total. The average molecular weight is 212 g/mol. The van der Waals surface area contributed by atoms with Gasteiger partial charge in [-0.15, -0.1) is 0 Å². The molecule has 1 heterocycles. The lowest BCUT2D eigenvalue weighted by atomic mass is 10.2. The van der Waals surface area contributed by atoms with Crippen molar-refractivity contribution in [3.63, 3.8) is 0 Å². The summed E-state index contributed by atoms with van der Waals surface area (Å²) in [6.07, 6.45) is 4.91. The summed E-state index contributed by atoms with van der Waals surface area (Å²) < 4.78 is 0. The number of aliphatic carboxylic acids is 1. The fourth-order valence-electron chi connectivity index (χ4n) is 0.967. The van der Waals surface area contributed by atoms with Crippen molar-refractivity contribution in [3.05, 3.63) is 34.6 Å². The predicted molar refractivity (Wildman–Crippen MR) is 55.3 cm³/mol. The van der Waals surface area contributed by atoms with Gasteiger partial charge in [-0.05, 0) is 24.1 Å². The van der Waals surface area contributed by atoms with Crippen molar-refractivity contribution in [1.82, 2.24) is 4.98 Å². The second-order valence-electron chi connectivity index (χ2n) is 2.88. The van der Waals surface area contributed by atoms with Gasteiger partial charge in [-0.1, -0.05) is 23.8 Å². The molecule has 3 nitrogen and oxygen atoms in total. The van der Waals surface area contributed by atoms with Crippen LogP contribution < -0.4 is 0 Å². The number of carboxylic acids is 1. The van der Waals surface area contributed by atoms with Crippen LogP contribution in [0.5, 0.6) is 0 Å². The third kappa shape index (κ3) is 3.18. The van der Waals surface area contributed by atoms with E-state index in [1.807, 2.05) is 13.0 Å². The van der Waals surface area contributed by atoms with Gasteiger partial charge < -0.3 is 5.11 Å². The highest BCUT2D eigenvalue weighted by Gasteiger charge is 1.96. The minimum Gasteiger partial charge on any atom is -0.481 e. The van der Waals surface area contributed by atoms with Crippen LogP contribution in [-0.4, -0.2) is 16.1 Å². The highest BCUT2D eigenvalue weighted by molar-refractivity contribution is 6.30. The van der Waals surface area contributed by atoms with E-state index < -0.39 is 5.97 Å². The van der Waals surface area contributed by atoms with Crippen molar-refractivity contribution in [2.24, 2.45) is 0 Å². The number of rotatable bonds is 3. The predicted octanol–water partition coefficient (Wildman–Crippen LogP) is 2.53. The number of halogens is 1. The smallest absolute Gasteiger partial charge is 0.307 e. The SMILES string of the molecule is Cc1cc(C=CCC(=O)O)cnc1Cl. The molecule has 0 aliphatic rings. The Balaban J connectivity index is 2.73. The molecule has 0 bridgehead atoms. The monoisotopic (exact) mass is 211 g/mol. The number of aromatic nitrogens is 1. The van der Waals surface area contributed by atoms with Crippen LogP contribution in [0.4, 0.5) is 0 Å². The second-order valence-corrected chi connectivity index (χ2v) is 3.23. The van der Waals surface area contributed by atoms with Crippen LogP contribution in [0.3, 0.4) is 0 Å². The number of nitrogens with zero attached hydrogens (tertiary/aromatic N) is 1. The maximum absolute atomic E-state index is 10.2. The molecule has 1 aromatic rings. The Morgan fingerprint density at radius 1 is 1.71 bits per heavy atom. The topological polar surface area (TPSA) is 50.2 Å². The van der Waals surface area contributed by atoms with E-state index in [-0.39, 0.29) is 6.42 Å². The lowest BCUT2D eigenvalue weighted by molar-refractivity contribution is -0.135. The van der Waals surface area contributed by atoms with Crippen molar-refractivity contribution in [2.45, 2.75) is 13.3 Å². The molecule has 0 saturated heterocycles. The number of carbonyl (C=O) groups is 1. The largest absolute Gasteiger partial charge is 0.481 e. The molecule has 0 atom stereocenters. The summed E-state index contributed by atoms with van der Waals surface area (Å²) >= 11 is 5.74. The maximum atomic E-state index is 10.2. The molecule has 0 saturated carbocycles. The lowest BCUT2D eigenvalue weighted by Crippen LogP contribution is -1.90. The minimum absolute atomic E-state index is 0.0155. The van der Waals surface area contributed by atoms with Crippen molar-refractivity contribution in [1.29, 1.82) is 0 Å². The number of carboxylic acid groups (broad SMARTS) is 1. The maximum Gasteiger partial charge on any atom is 0.307 e.